The van der Waals surface area contributed by atoms with Crippen LogP contribution in [0.15, 0.2) is 28.7 Å². The summed E-state index contributed by atoms with van der Waals surface area (Å²) in [5.41, 5.74) is 0.418. The van der Waals surface area contributed by atoms with E-state index >= 15 is 0 Å². The van der Waals surface area contributed by atoms with Crippen molar-refractivity contribution in [3.8, 4) is 0 Å². The Kier molecular flexibility index (Phi) is 5.97. The van der Waals surface area contributed by atoms with E-state index in [1.54, 1.807) is 4.90 Å². The number of aliphatic hydroxyl groups is 1. The molecule has 0 spiro atoms. The highest BCUT2D eigenvalue weighted by atomic mass is 79.9. The van der Waals surface area contributed by atoms with Gasteiger partial charge < -0.3 is 14.7 Å². The standard InChI is InChI=1S/C19H28BrNO3/c1-14(15-6-8-16(20)9-7-15)21-12-11-19(10-5-13-22,18(2,3)4)24-17(21)23/h6-9,14,22H,5,10-13H2,1-4H3/t14-,19?/m0/s1. The number of carbonyl (C=O) groups excluding carboxylic acids is 1. The van der Waals surface area contributed by atoms with E-state index in [2.05, 4.69) is 36.7 Å². The highest BCUT2D eigenvalue weighted by molar-refractivity contribution is 9.10. The third-order valence-electron chi connectivity index (χ3n) is 5.20. The highest BCUT2D eigenvalue weighted by Crippen LogP contribution is 2.44. The van der Waals surface area contributed by atoms with Crippen LogP contribution in [0.2, 0.25) is 0 Å². The number of nitrogens with zero attached hydrogens (tertiary/aromatic N) is 1. The van der Waals surface area contributed by atoms with E-state index in [-0.39, 0.29) is 24.2 Å². The molecule has 1 aliphatic heterocycles. The van der Waals surface area contributed by atoms with Crippen molar-refractivity contribution in [2.75, 3.05) is 13.2 Å². The van der Waals surface area contributed by atoms with Gasteiger partial charge >= 0.3 is 6.09 Å². The lowest BCUT2D eigenvalue weighted by Gasteiger charge is -2.50. The minimum Gasteiger partial charge on any atom is -0.442 e. The van der Waals surface area contributed by atoms with Crippen molar-refractivity contribution < 1.29 is 14.6 Å². The van der Waals surface area contributed by atoms with Gasteiger partial charge in [-0.15, -0.1) is 0 Å². The summed E-state index contributed by atoms with van der Waals surface area (Å²) in [5, 5.41) is 9.20. The van der Waals surface area contributed by atoms with Crippen molar-refractivity contribution in [3.05, 3.63) is 34.3 Å². The Morgan fingerprint density at radius 3 is 2.46 bits per heavy atom. The van der Waals surface area contributed by atoms with Crippen LogP contribution in [-0.2, 0) is 4.74 Å². The number of benzene rings is 1. The molecule has 0 saturated carbocycles. The smallest absolute Gasteiger partial charge is 0.410 e. The Hall–Kier alpha value is -1.07. The molecule has 1 N–H and O–H groups in total. The zero-order valence-electron chi connectivity index (χ0n) is 15.0. The van der Waals surface area contributed by atoms with Gasteiger partial charge in [-0.05, 0) is 37.5 Å². The van der Waals surface area contributed by atoms with Crippen LogP contribution in [0.25, 0.3) is 0 Å². The summed E-state index contributed by atoms with van der Waals surface area (Å²) in [6, 6.07) is 8.00. The topological polar surface area (TPSA) is 49.8 Å². The van der Waals surface area contributed by atoms with Crippen molar-refractivity contribution >= 4 is 22.0 Å². The molecule has 4 nitrogen and oxygen atoms in total. The van der Waals surface area contributed by atoms with Gasteiger partial charge in [0.25, 0.3) is 0 Å². The Morgan fingerprint density at radius 1 is 1.33 bits per heavy atom. The van der Waals surface area contributed by atoms with Crippen molar-refractivity contribution in [2.45, 2.75) is 58.6 Å². The SMILES string of the molecule is C[C@@H](c1ccc(Br)cc1)N1CCC(CCCO)(C(C)(C)C)OC1=O. The van der Waals surface area contributed by atoms with E-state index in [1.807, 2.05) is 31.2 Å². The Balaban J connectivity index is 2.16. The maximum absolute atomic E-state index is 12.7. The van der Waals surface area contributed by atoms with Gasteiger partial charge in [-0.3, -0.25) is 0 Å². The van der Waals surface area contributed by atoms with Crippen molar-refractivity contribution in [1.29, 1.82) is 0 Å². The van der Waals surface area contributed by atoms with Gasteiger partial charge in [0, 0.05) is 29.5 Å². The van der Waals surface area contributed by atoms with E-state index in [0.717, 1.165) is 16.5 Å². The fourth-order valence-electron chi connectivity index (χ4n) is 3.39. The molecule has 0 aliphatic carbocycles. The molecule has 0 bridgehead atoms. The zero-order chi connectivity index (χ0) is 18.0. The summed E-state index contributed by atoms with van der Waals surface area (Å²) in [5.74, 6) is 0. The van der Waals surface area contributed by atoms with Crippen molar-refractivity contribution in [1.82, 2.24) is 4.90 Å². The second-order valence-corrected chi connectivity index (χ2v) is 8.53. The van der Waals surface area contributed by atoms with E-state index < -0.39 is 5.60 Å². The highest BCUT2D eigenvalue weighted by Gasteiger charge is 2.49. The molecule has 1 unspecified atom stereocenters. The van der Waals surface area contributed by atoms with Crippen LogP contribution < -0.4 is 0 Å². The second-order valence-electron chi connectivity index (χ2n) is 7.61. The summed E-state index contributed by atoms with van der Waals surface area (Å²) in [7, 11) is 0. The Morgan fingerprint density at radius 2 is 1.96 bits per heavy atom. The van der Waals surface area contributed by atoms with Gasteiger partial charge in [0.2, 0.25) is 0 Å². The van der Waals surface area contributed by atoms with Crippen LogP contribution in [0.1, 0.15) is 58.6 Å². The molecule has 1 aromatic rings. The number of hydrogen-bond donors (Lipinski definition) is 1. The molecular weight excluding hydrogens is 370 g/mol. The predicted octanol–water partition coefficient (Wildman–Crippen LogP) is 4.91. The number of aliphatic hydroxyl groups excluding tert-OH is 1. The van der Waals surface area contributed by atoms with Gasteiger partial charge in [-0.25, -0.2) is 4.79 Å². The molecule has 1 fully saturated rings. The van der Waals surface area contributed by atoms with Crippen LogP contribution in [0.5, 0.6) is 0 Å². The van der Waals surface area contributed by atoms with E-state index in [9.17, 15) is 9.90 Å². The van der Waals surface area contributed by atoms with Gasteiger partial charge in [0.1, 0.15) is 5.60 Å². The number of ether oxygens (including phenoxy) is 1. The maximum atomic E-state index is 12.7. The molecule has 24 heavy (non-hydrogen) atoms. The van der Waals surface area contributed by atoms with Gasteiger partial charge in [0.05, 0.1) is 6.04 Å². The summed E-state index contributed by atoms with van der Waals surface area (Å²) in [6.07, 6.45) is 1.86. The molecule has 0 radical (unpaired) electrons. The predicted molar refractivity (Wildman–Crippen MR) is 98.9 cm³/mol. The first-order valence-electron chi connectivity index (χ1n) is 8.56. The lowest BCUT2D eigenvalue weighted by atomic mass is 9.71. The number of rotatable bonds is 5. The summed E-state index contributed by atoms with van der Waals surface area (Å²) >= 11 is 3.44. The van der Waals surface area contributed by atoms with Gasteiger partial charge in [-0.1, -0.05) is 48.8 Å². The molecule has 1 saturated heterocycles. The minimum atomic E-state index is -0.511. The first kappa shape index (κ1) is 19.3. The fourth-order valence-corrected chi connectivity index (χ4v) is 3.65. The molecule has 2 rings (SSSR count). The second kappa shape index (κ2) is 7.44. The molecule has 134 valence electrons. The molecule has 5 heteroatoms. The average molecular weight is 398 g/mol. The largest absolute Gasteiger partial charge is 0.442 e. The molecule has 1 aromatic carbocycles. The summed E-state index contributed by atoms with van der Waals surface area (Å²) in [4.78, 5) is 14.5. The first-order chi connectivity index (χ1) is 11.2. The van der Waals surface area contributed by atoms with Crippen LogP contribution in [-0.4, -0.2) is 34.9 Å². The van der Waals surface area contributed by atoms with Crippen LogP contribution in [0, 0.1) is 5.41 Å². The molecule has 1 amide bonds. The lowest BCUT2D eigenvalue weighted by Crippen LogP contribution is -2.56. The fraction of sp³-hybridized carbons (Fsp3) is 0.632. The summed E-state index contributed by atoms with van der Waals surface area (Å²) in [6.45, 7) is 9.12. The number of amides is 1. The number of cyclic esters (lactones) is 1. The number of hydrogen-bond acceptors (Lipinski definition) is 3. The molecule has 1 aliphatic rings. The van der Waals surface area contributed by atoms with Gasteiger partial charge in [0.15, 0.2) is 0 Å². The molecule has 2 atom stereocenters. The number of halogens is 1. The zero-order valence-corrected chi connectivity index (χ0v) is 16.6. The number of carbonyl (C=O) groups is 1. The van der Waals surface area contributed by atoms with Crippen LogP contribution in [0.3, 0.4) is 0 Å². The molecule has 1 heterocycles. The first-order valence-corrected chi connectivity index (χ1v) is 9.35. The van der Waals surface area contributed by atoms with Crippen LogP contribution >= 0.6 is 15.9 Å². The monoisotopic (exact) mass is 397 g/mol. The average Bonchev–Trinajstić information content (AvgIpc) is 2.52. The van der Waals surface area contributed by atoms with Gasteiger partial charge in [-0.2, -0.15) is 0 Å². The third-order valence-corrected chi connectivity index (χ3v) is 5.73. The lowest BCUT2D eigenvalue weighted by molar-refractivity contribution is -0.122. The molecular formula is C19H28BrNO3. The van der Waals surface area contributed by atoms with Crippen LogP contribution in [0.4, 0.5) is 4.79 Å². The minimum absolute atomic E-state index is 0.0265. The van der Waals surface area contributed by atoms with E-state index in [4.69, 9.17) is 4.74 Å². The summed E-state index contributed by atoms with van der Waals surface area (Å²) < 4.78 is 7.01. The van der Waals surface area contributed by atoms with E-state index in [1.165, 1.54) is 0 Å². The third kappa shape index (κ3) is 3.94. The van der Waals surface area contributed by atoms with Crippen molar-refractivity contribution in [2.24, 2.45) is 5.41 Å². The Bertz CT molecular complexity index is 567. The molecule has 0 aromatic heterocycles. The van der Waals surface area contributed by atoms with Crippen molar-refractivity contribution in [3.63, 3.8) is 0 Å². The maximum Gasteiger partial charge on any atom is 0.410 e. The normalized spacial score (nSPS) is 23.1. The quantitative estimate of drug-likeness (QED) is 0.767. The Labute approximate surface area is 153 Å². The van der Waals surface area contributed by atoms with E-state index in [0.29, 0.717) is 19.4 Å².